The Morgan fingerprint density at radius 3 is 2.53 bits per heavy atom. The largest absolute Gasteiger partial charge is 0.314 e. The standard InChI is InChI=1S/C14H20N2O/c1-11-5-7-12(8-6-11)16(3)13(17)14(2)9-4-10-15-14/h5-8,15H,4,9-10H2,1-3H3. The van der Waals surface area contributed by atoms with Crippen LogP contribution < -0.4 is 10.2 Å². The summed E-state index contributed by atoms with van der Waals surface area (Å²) in [5, 5.41) is 3.30. The van der Waals surface area contributed by atoms with E-state index in [1.54, 1.807) is 4.90 Å². The third-order valence-corrected chi connectivity index (χ3v) is 3.57. The predicted molar refractivity (Wildman–Crippen MR) is 70.2 cm³/mol. The van der Waals surface area contributed by atoms with Crippen LogP contribution in [0.1, 0.15) is 25.3 Å². The van der Waals surface area contributed by atoms with Gasteiger partial charge in [0.15, 0.2) is 0 Å². The Morgan fingerprint density at radius 2 is 2.00 bits per heavy atom. The Kier molecular flexibility index (Phi) is 3.20. The summed E-state index contributed by atoms with van der Waals surface area (Å²) in [6.07, 6.45) is 1.99. The summed E-state index contributed by atoms with van der Waals surface area (Å²) in [6, 6.07) is 8.05. The lowest BCUT2D eigenvalue weighted by atomic mass is 9.98. The Balaban J connectivity index is 2.17. The third kappa shape index (κ3) is 2.34. The van der Waals surface area contributed by atoms with Crippen LogP contribution >= 0.6 is 0 Å². The summed E-state index contributed by atoms with van der Waals surface area (Å²) in [5.74, 6) is 0.152. The van der Waals surface area contributed by atoms with E-state index in [9.17, 15) is 4.79 Å². The number of benzene rings is 1. The number of rotatable bonds is 2. The molecule has 1 aromatic rings. The van der Waals surface area contributed by atoms with Crippen molar-refractivity contribution < 1.29 is 4.79 Å². The molecule has 92 valence electrons. The molecule has 0 aromatic heterocycles. The van der Waals surface area contributed by atoms with Gasteiger partial charge in [0.25, 0.3) is 0 Å². The first-order chi connectivity index (χ1) is 8.03. The van der Waals surface area contributed by atoms with Crippen LogP contribution in [0.25, 0.3) is 0 Å². The van der Waals surface area contributed by atoms with Gasteiger partial charge in [0.1, 0.15) is 0 Å². The van der Waals surface area contributed by atoms with E-state index in [2.05, 4.69) is 5.32 Å². The van der Waals surface area contributed by atoms with Crippen LogP contribution in [0.3, 0.4) is 0 Å². The Labute approximate surface area is 103 Å². The molecule has 0 aliphatic carbocycles. The van der Waals surface area contributed by atoms with E-state index in [0.717, 1.165) is 25.1 Å². The van der Waals surface area contributed by atoms with Crippen LogP contribution in [0.15, 0.2) is 24.3 Å². The van der Waals surface area contributed by atoms with E-state index >= 15 is 0 Å². The maximum absolute atomic E-state index is 12.4. The zero-order chi connectivity index (χ0) is 12.5. The van der Waals surface area contributed by atoms with E-state index in [4.69, 9.17) is 0 Å². The topological polar surface area (TPSA) is 32.3 Å². The quantitative estimate of drug-likeness (QED) is 0.847. The van der Waals surface area contributed by atoms with Crippen LogP contribution in [-0.4, -0.2) is 25.0 Å². The van der Waals surface area contributed by atoms with Crippen molar-refractivity contribution in [2.75, 3.05) is 18.5 Å². The van der Waals surface area contributed by atoms with Crippen molar-refractivity contribution >= 4 is 11.6 Å². The van der Waals surface area contributed by atoms with Gasteiger partial charge in [-0.1, -0.05) is 17.7 Å². The number of carbonyl (C=O) groups is 1. The molecule has 0 bridgehead atoms. The van der Waals surface area contributed by atoms with Crippen molar-refractivity contribution in [3.63, 3.8) is 0 Å². The number of amides is 1. The first kappa shape index (κ1) is 12.1. The lowest BCUT2D eigenvalue weighted by molar-refractivity contribution is -0.123. The fraction of sp³-hybridized carbons (Fsp3) is 0.500. The zero-order valence-corrected chi connectivity index (χ0v) is 10.8. The molecule has 0 radical (unpaired) electrons. The summed E-state index contributed by atoms with van der Waals surface area (Å²) in [7, 11) is 1.85. The van der Waals surface area contributed by atoms with E-state index < -0.39 is 0 Å². The molecule has 0 saturated carbocycles. The van der Waals surface area contributed by atoms with Gasteiger partial charge in [-0.05, 0) is 45.4 Å². The van der Waals surface area contributed by atoms with Crippen molar-refractivity contribution in [1.29, 1.82) is 0 Å². The lowest BCUT2D eigenvalue weighted by Crippen LogP contribution is -2.51. The fourth-order valence-electron chi connectivity index (χ4n) is 2.33. The van der Waals surface area contributed by atoms with Gasteiger partial charge in [-0.3, -0.25) is 4.79 Å². The highest BCUT2D eigenvalue weighted by molar-refractivity contribution is 5.99. The highest BCUT2D eigenvalue weighted by Gasteiger charge is 2.38. The SMILES string of the molecule is Cc1ccc(N(C)C(=O)C2(C)CCCN2)cc1. The molecule has 2 rings (SSSR count). The number of aryl methyl sites for hydroxylation is 1. The number of anilines is 1. The van der Waals surface area contributed by atoms with Gasteiger partial charge in [0.2, 0.25) is 5.91 Å². The second-order valence-corrected chi connectivity index (χ2v) is 5.06. The summed E-state index contributed by atoms with van der Waals surface area (Å²) in [4.78, 5) is 14.2. The molecule has 3 nitrogen and oxygen atoms in total. The molecular formula is C14H20N2O. The van der Waals surface area contributed by atoms with Gasteiger partial charge in [-0.2, -0.15) is 0 Å². The third-order valence-electron chi connectivity index (χ3n) is 3.57. The molecule has 1 fully saturated rings. The molecule has 1 saturated heterocycles. The van der Waals surface area contributed by atoms with Crippen molar-refractivity contribution in [2.24, 2.45) is 0 Å². The minimum atomic E-state index is -0.389. The number of hydrogen-bond acceptors (Lipinski definition) is 2. The second-order valence-electron chi connectivity index (χ2n) is 5.06. The highest BCUT2D eigenvalue weighted by atomic mass is 16.2. The first-order valence-electron chi connectivity index (χ1n) is 6.13. The molecule has 1 aliphatic rings. The van der Waals surface area contributed by atoms with E-state index in [1.165, 1.54) is 5.56 Å². The van der Waals surface area contributed by atoms with E-state index in [-0.39, 0.29) is 11.4 Å². The summed E-state index contributed by atoms with van der Waals surface area (Å²) in [5.41, 5.74) is 1.77. The van der Waals surface area contributed by atoms with Crippen molar-refractivity contribution in [3.05, 3.63) is 29.8 Å². The molecule has 1 heterocycles. The predicted octanol–water partition coefficient (Wildman–Crippen LogP) is 2.10. The fourth-order valence-corrected chi connectivity index (χ4v) is 2.33. The van der Waals surface area contributed by atoms with Crippen molar-refractivity contribution in [2.45, 2.75) is 32.2 Å². The molecule has 1 N–H and O–H groups in total. The number of carbonyl (C=O) groups excluding carboxylic acids is 1. The Bertz CT molecular complexity index is 405. The molecule has 1 amide bonds. The molecule has 1 atom stereocenters. The van der Waals surface area contributed by atoms with E-state index in [1.807, 2.05) is 45.2 Å². The maximum atomic E-state index is 12.4. The highest BCUT2D eigenvalue weighted by Crippen LogP contribution is 2.24. The summed E-state index contributed by atoms with van der Waals surface area (Å²) < 4.78 is 0. The number of hydrogen-bond donors (Lipinski definition) is 1. The molecule has 1 unspecified atom stereocenters. The average molecular weight is 232 g/mol. The molecule has 3 heteroatoms. The lowest BCUT2D eigenvalue weighted by Gasteiger charge is -2.29. The number of nitrogens with one attached hydrogen (secondary N) is 1. The van der Waals surface area contributed by atoms with Gasteiger partial charge >= 0.3 is 0 Å². The minimum absolute atomic E-state index is 0.152. The van der Waals surface area contributed by atoms with Crippen LogP contribution in [0.2, 0.25) is 0 Å². The van der Waals surface area contributed by atoms with Gasteiger partial charge < -0.3 is 10.2 Å². The van der Waals surface area contributed by atoms with Crippen LogP contribution in [0.4, 0.5) is 5.69 Å². The monoisotopic (exact) mass is 232 g/mol. The Hall–Kier alpha value is -1.35. The molecule has 1 aromatic carbocycles. The van der Waals surface area contributed by atoms with Gasteiger partial charge in [-0.25, -0.2) is 0 Å². The average Bonchev–Trinajstić information content (AvgIpc) is 2.76. The molecular weight excluding hydrogens is 212 g/mol. The minimum Gasteiger partial charge on any atom is -0.314 e. The van der Waals surface area contributed by atoms with Crippen LogP contribution in [-0.2, 0) is 4.79 Å². The smallest absolute Gasteiger partial charge is 0.246 e. The van der Waals surface area contributed by atoms with Gasteiger partial charge in [-0.15, -0.1) is 0 Å². The van der Waals surface area contributed by atoms with Gasteiger partial charge in [0, 0.05) is 12.7 Å². The number of nitrogens with zero attached hydrogens (tertiary/aromatic N) is 1. The molecule has 0 spiro atoms. The van der Waals surface area contributed by atoms with Crippen LogP contribution in [0, 0.1) is 6.92 Å². The summed E-state index contributed by atoms with van der Waals surface area (Å²) in [6.45, 7) is 4.97. The normalized spacial score (nSPS) is 23.7. The van der Waals surface area contributed by atoms with Crippen LogP contribution in [0.5, 0.6) is 0 Å². The maximum Gasteiger partial charge on any atom is 0.246 e. The van der Waals surface area contributed by atoms with E-state index in [0.29, 0.717) is 0 Å². The molecule has 1 aliphatic heterocycles. The number of likely N-dealkylation sites (N-methyl/N-ethyl adjacent to an activating group) is 1. The second kappa shape index (κ2) is 4.49. The van der Waals surface area contributed by atoms with Gasteiger partial charge in [0.05, 0.1) is 5.54 Å². The first-order valence-corrected chi connectivity index (χ1v) is 6.13. The molecule has 17 heavy (non-hydrogen) atoms. The zero-order valence-electron chi connectivity index (χ0n) is 10.8. The Morgan fingerprint density at radius 1 is 1.35 bits per heavy atom. The van der Waals surface area contributed by atoms with Crippen molar-refractivity contribution in [1.82, 2.24) is 5.32 Å². The van der Waals surface area contributed by atoms with Crippen molar-refractivity contribution in [3.8, 4) is 0 Å². The summed E-state index contributed by atoms with van der Waals surface area (Å²) >= 11 is 0.